The molecule has 0 fully saturated rings. The van der Waals surface area contributed by atoms with Gasteiger partial charge in [-0.15, -0.1) is 0 Å². The third-order valence-electron chi connectivity index (χ3n) is 3.76. The normalized spacial score (nSPS) is 11.0. The lowest BCUT2D eigenvalue weighted by atomic mass is 10.1. The van der Waals surface area contributed by atoms with Crippen LogP contribution in [-0.2, 0) is 0 Å². The molecule has 0 saturated carbocycles. The van der Waals surface area contributed by atoms with E-state index in [0.29, 0.717) is 0 Å². The lowest BCUT2D eigenvalue weighted by Crippen LogP contribution is -1.98. The molecule has 4 rings (SSSR count). The Hall–Kier alpha value is -2.65. The van der Waals surface area contributed by atoms with Gasteiger partial charge >= 0.3 is 0 Å². The van der Waals surface area contributed by atoms with Crippen LogP contribution in [0.25, 0.3) is 28.2 Å². The second-order valence-electron chi connectivity index (χ2n) is 5.46. The Balaban J connectivity index is 1.99. The zero-order valence-corrected chi connectivity index (χ0v) is 13.3. The van der Waals surface area contributed by atoms with Crippen molar-refractivity contribution in [2.24, 2.45) is 0 Å². The van der Waals surface area contributed by atoms with E-state index in [1.54, 1.807) is 0 Å². The lowest BCUT2D eigenvalue weighted by molar-refractivity contribution is 0.926. The van der Waals surface area contributed by atoms with Crippen LogP contribution in [0.4, 0.5) is 0 Å². The van der Waals surface area contributed by atoms with Gasteiger partial charge < -0.3 is 0 Å². The molecule has 0 radical (unpaired) electrons. The predicted molar refractivity (Wildman–Crippen MR) is 93.6 cm³/mol. The highest BCUT2D eigenvalue weighted by atomic mass is 35.5. The second-order valence-corrected chi connectivity index (χ2v) is 5.89. The van der Waals surface area contributed by atoms with Crippen LogP contribution in [0.5, 0.6) is 0 Å². The minimum absolute atomic E-state index is 0.721. The van der Waals surface area contributed by atoms with Gasteiger partial charge in [-0.25, -0.2) is 9.50 Å². The fourth-order valence-corrected chi connectivity index (χ4v) is 2.80. The van der Waals surface area contributed by atoms with E-state index in [0.717, 1.165) is 38.9 Å². The van der Waals surface area contributed by atoms with Crippen LogP contribution in [0, 0.1) is 6.92 Å². The molecule has 2 heterocycles. The highest BCUT2D eigenvalue weighted by molar-refractivity contribution is 6.30. The molecule has 0 unspecified atom stereocenters. The molecule has 4 heteroatoms. The number of nitrogens with zero attached hydrogens (tertiary/aromatic N) is 3. The topological polar surface area (TPSA) is 30.2 Å². The molecular formula is C19H14ClN3. The molecule has 0 bridgehead atoms. The average Bonchev–Trinajstić information content (AvgIpc) is 2.96. The van der Waals surface area contributed by atoms with Crippen molar-refractivity contribution < 1.29 is 0 Å². The number of hydrogen-bond acceptors (Lipinski definition) is 2. The molecule has 0 aliphatic carbocycles. The summed E-state index contributed by atoms with van der Waals surface area (Å²) in [6.45, 7) is 1.97. The van der Waals surface area contributed by atoms with E-state index in [-0.39, 0.29) is 0 Å². The molecule has 0 amide bonds. The molecular weight excluding hydrogens is 306 g/mol. The number of aromatic nitrogens is 3. The summed E-state index contributed by atoms with van der Waals surface area (Å²) in [5.41, 5.74) is 5.86. The Morgan fingerprint density at radius 1 is 0.870 bits per heavy atom. The smallest absolute Gasteiger partial charge is 0.156 e. The van der Waals surface area contributed by atoms with Crippen LogP contribution in [0.1, 0.15) is 5.69 Å². The number of benzene rings is 2. The van der Waals surface area contributed by atoms with E-state index in [1.807, 2.05) is 60.0 Å². The van der Waals surface area contributed by atoms with Gasteiger partial charge in [0.15, 0.2) is 5.65 Å². The summed E-state index contributed by atoms with van der Waals surface area (Å²) in [6, 6.07) is 22.0. The molecule has 3 nitrogen and oxygen atoms in total. The third kappa shape index (κ3) is 2.60. The van der Waals surface area contributed by atoms with Gasteiger partial charge in [0.05, 0.1) is 17.1 Å². The number of rotatable bonds is 2. The molecule has 2 aromatic heterocycles. The molecule has 0 atom stereocenters. The molecule has 0 saturated heterocycles. The van der Waals surface area contributed by atoms with Crippen LogP contribution in [0.3, 0.4) is 0 Å². The molecule has 0 aliphatic heterocycles. The third-order valence-corrected chi connectivity index (χ3v) is 4.01. The quantitative estimate of drug-likeness (QED) is 0.519. The summed E-state index contributed by atoms with van der Waals surface area (Å²) in [4.78, 5) is 4.74. The SMILES string of the molecule is Cc1cc2nc(-c3ccccc3)cc(-c3ccc(Cl)cc3)n2n1. The molecule has 0 aliphatic rings. The van der Waals surface area contributed by atoms with Gasteiger partial charge in [-0.3, -0.25) is 0 Å². The molecule has 0 spiro atoms. The zero-order chi connectivity index (χ0) is 15.8. The minimum Gasteiger partial charge on any atom is -0.228 e. The van der Waals surface area contributed by atoms with Crippen molar-refractivity contribution in [3.63, 3.8) is 0 Å². The van der Waals surface area contributed by atoms with E-state index in [4.69, 9.17) is 16.6 Å². The summed E-state index contributed by atoms with van der Waals surface area (Å²) >= 11 is 6.01. The first-order valence-corrected chi connectivity index (χ1v) is 7.77. The van der Waals surface area contributed by atoms with Crippen molar-refractivity contribution in [1.29, 1.82) is 0 Å². The van der Waals surface area contributed by atoms with Crippen LogP contribution >= 0.6 is 11.6 Å². The van der Waals surface area contributed by atoms with Gasteiger partial charge in [-0.2, -0.15) is 5.10 Å². The van der Waals surface area contributed by atoms with Gasteiger partial charge in [0.1, 0.15) is 0 Å². The van der Waals surface area contributed by atoms with E-state index in [2.05, 4.69) is 23.3 Å². The first kappa shape index (κ1) is 14.0. The highest BCUT2D eigenvalue weighted by Gasteiger charge is 2.11. The first-order valence-electron chi connectivity index (χ1n) is 7.39. The Labute approximate surface area is 139 Å². The molecule has 0 N–H and O–H groups in total. The minimum atomic E-state index is 0.721. The maximum Gasteiger partial charge on any atom is 0.156 e. The number of halogens is 1. The Morgan fingerprint density at radius 3 is 2.35 bits per heavy atom. The first-order chi connectivity index (χ1) is 11.2. The van der Waals surface area contributed by atoms with Crippen molar-refractivity contribution in [3.05, 3.63) is 77.4 Å². The van der Waals surface area contributed by atoms with Gasteiger partial charge in [0, 0.05) is 22.2 Å². The van der Waals surface area contributed by atoms with Gasteiger partial charge in [-0.05, 0) is 25.1 Å². The maximum atomic E-state index is 6.01. The van der Waals surface area contributed by atoms with Crippen LogP contribution in [0.15, 0.2) is 66.7 Å². The average molecular weight is 320 g/mol. The predicted octanol–water partition coefficient (Wildman–Crippen LogP) is 5.03. The van der Waals surface area contributed by atoms with Crippen molar-refractivity contribution in [2.45, 2.75) is 6.92 Å². The van der Waals surface area contributed by atoms with Crippen LogP contribution in [0.2, 0.25) is 5.02 Å². The lowest BCUT2D eigenvalue weighted by Gasteiger charge is -2.08. The summed E-state index contributed by atoms with van der Waals surface area (Å²) in [5, 5.41) is 5.29. The molecule has 4 aromatic rings. The largest absolute Gasteiger partial charge is 0.228 e. The maximum absolute atomic E-state index is 6.01. The standard InChI is InChI=1S/C19H14ClN3/c1-13-11-19-21-17(14-5-3-2-4-6-14)12-18(23(19)22-13)15-7-9-16(20)10-8-15/h2-12H,1H3. The zero-order valence-electron chi connectivity index (χ0n) is 12.6. The van der Waals surface area contributed by atoms with Crippen LogP contribution in [-0.4, -0.2) is 14.6 Å². The number of aryl methyl sites for hydroxylation is 1. The Morgan fingerprint density at radius 2 is 1.61 bits per heavy atom. The fraction of sp³-hybridized carbons (Fsp3) is 0.0526. The Kier molecular flexibility index (Phi) is 3.36. The number of hydrogen-bond donors (Lipinski definition) is 0. The van der Waals surface area contributed by atoms with E-state index >= 15 is 0 Å². The van der Waals surface area contributed by atoms with Gasteiger partial charge in [0.2, 0.25) is 0 Å². The van der Waals surface area contributed by atoms with Crippen molar-refractivity contribution in [1.82, 2.24) is 14.6 Å². The summed E-state index contributed by atoms with van der Waals surface area (Å²) in [6.07, 6.45) is 0. The van der Waals surface area contributed by atoms with E-state index < -0.39 is 0 Å². The van der Waals surface area contributed by atoms with Crippen LogP contribution < -0.4 is 0 Å². The Bertz CT molecular complexity index is 973. The van der Waals surface area contributed by atoms with E-state index in [1.165, 1.54) is 0 Å². The second kappa shape index (κ2) is 5.52. The molecule has 23 heavy (non-hydrogen) atoms. The van der Waals surface area contributed by atoms with Crippen molar-refractivity contribution >= 4 is 17.2 Å². The van der Waals surface area contributed by atoms with Crippen molar-refractivity contribution in [2.75, 3.05) is 0 Å². The van der Waals surface area contributed by atoms with Gasteiger partial charge in [-0.1, -0.05) is 54.1 Å². The number of fused-ring (bicyclic) bond motifs is 1. The summed E-state index contributed by atoms with van der Waals surface area (Å²) in [7, 11) is 0. The summed E-state index contributed by atoms with van der Waals surface area (Å²) in [5.74, 6) is 0. The van der Waals surface area contributed by atoms with E-state index in [9.17, 15) is 0 Å². The molecule has 112 valence electrons. The molecule has 2 aromatic carbocycles. The highest BCUT2D eigenvalue weighted by Crippen LogP contribution is 2.27. The summed E-state index contributed by atoms with van der Waals surface area (Å²) < 4.78 is 1.88. The fourth-order valence-electron chi connectivity index (χ4n) is 2.67. The van der Waals surface area contributed by atoms with Crippen molar-refractivity contribution in [3.8, 4) is 22.5 Å². The van der Waals surface area contributed by atoms with Gasteiger partial charge in [0.25, 0.3) is 0 Å². The monoisotopic (exact) mass is 319 g/mol.